The zero-order chi connectivity index (χ0) is 15.7. The van der Waals surface area contributed by atoms with E-state index in [1.165, 1.54) is 25.2 Å². The Hall–Kier alpha value is -1.69. The SMILES string of the molecule is C[C@@H]1CC[C@H](C)N1[C@H]1CCCN(C(=O)c2nccnc2N)C1. The van der Waals surface area contributed by atoms with Crippen molar-refractivity contribution in [3.63, 3.8) is 0 Å². The molecule has 6 nitrogen and oxygen atoms in total. The van der Waals surface area contributed by atoms with Gasteiger partial charge in [-0.1, -0.05) is 0 Å². The number of hydrogen-bond donors (Lipinski definition) is 1. The van der Waals surface area contributed by atoms with Crippen molar-refractivity contribution >= 4 is 11.7 Å². The molecule has 22 heavy (non-hydrogen) atoms. The van der Waals surface area contributed by atoms with Crippen molar-refractivity contribution in [3.8, 4) is 0 Å². The Bertz CT molecular complexity index is 539. The highest BCUT2D eigenvalue weighted by Crippen LogP contribution is 2.30. The molecule has 0 radical (unpaired) electrons. The summed E-state index contributed by atoms with van der Waals surface area (Å²) in [6, 6.07) is 1.66. The number of hydrogen-bond acceptors (Lipinski definition) is 5. The van der Waals surface area contributed by atoms with Crippen molar-refractivity contribution in [1.82, 2.24) is 19.8 Å². The molecule has 120 valence electrons. The minimum atomic E-state index is -0.0881. The van der Waals surface area contributed by atoms with Gasteiger partial charge >= 0.3 is 0 Å². The van der Waals surface area contributed by atoms with Crippen LogP contribution in [-0.2, 0) is 0 Å². The molecular formula is C16H25N5O. The molecule has 0 spiro atoms. The first-order chi connectivity index (χ1) is 10.6. The van der Waals surface area contributed by atoms with Crippen LogP contribution in [0.5, 0.6) is 0 Å². The maximum atomic E-state index is 12.7. The molecule has 0 aromatic carbocycles. The molecule has 1 aromatic rings. The zero-order valence-corrected chi connectivity index (χ0v) is 13.4. The number of nitrogens with zero attached hydrogens (tertiary/aromatic N) is 4. The van der Waals surface area contributed by atoms with Gasteiger partial charge in [-0.25, -0.2) is 9.97 Å². The van der Waals surface area contributed by atoms with Crippen LogP contribution >= 0.6 is 0 Å². The molecular weight excluding hydrogens is 278 g/mol. The summed E-state index contributed by atoms with van der Waals surface area (Å²) < 4.78 is 0. The molecule has 0 bridgehead atoms. The van der Waals surface area contributed by atoms with Gasteiger partial charge in [-0.15, -0.1) is 0 Å². The molecule has 3 heterocycles. The van der Waals surface area contributed by atoms with Gasteiger partial charge in [0.05, 0.1) is 0 Å². The number of carbonyl (C=O) groups is 1. The van der Waals surface area contributed by atoms with Gasteiger partial charge in [-0.3, -0.25) is 9.69 Å². The van der Waals surface area contributed by atoms with E-state index in [9.17, 15) is 4.79 Å². The molecule has 3 rings (SSSR count). The van der Waals surface area contributed by atoms with E-state index in [2.05, 4.69) is 28.7 Å². The molecule has 2 saturated heterocycles. The molecule has 1 amide bonds. The quantitative estimate of drug-likeness (QED) is 0.897. The number of amides is 1. The van der Waals surface area contributed by atoms with Crippen LogP contribution in [0.2, 0.25) is 0 Å². The Balaban J connectivity index is 1.73. The first-order valence-electron chi connectivity index (χ1n) is 8.21. The standard InChI is InChI=1S/C16H25N5O/c1-11-5-6-12(2)21(11)13-4-3-9-20(10-13)16(22)14-15(17)19-8-7-18-14/h7-8,11-13H,3-6,9-10H2,1-2H3,(H2,17,19)/t11-,12+,13-/m0/s1. The lowest BCUT2D eigenvalue weighted by atomic mass is 10.0. The second kappa shape index (κ2) is 6.20. The number of anilines is 1. The van der Waals surface area contributed by atoms with E-state index in [1.54, 1.807) is 0 Å². The van der Waals surface area contributed by atoms with E-state index in [-0.39, 0.29) is 17.4 Å². The van der Waals surface area contributed by atoms with Gasteiger partial charge in [-0.05, 0) is 39.5 Å². The molecule has 0 saturated carbocycles. The Morgan fingerprint density at radius 3 is 2.55 bits per heavy atom. The van der Waals surface area contributed by atoms with E-state index in [4.69, 9.17) is 5.73 Å². The van der Waals surface area contributed by atoms with E-state index in [1.807, 2.05) is 4.90 Å². The van der Waals surface area contributed by atoms with Crippen LogP contribution in [-0.4, -0.2) is 56.9 Å². The van der Waals surface area contributed by atoms with Gasteiger partial charge in [0.25, 0.3) is 5.91 Å². The Morgan fingerprint density at radius 1 is 1.18 bits per heavy atom. The second-order valence-electron chi connectivity index (χ2n) is 6.56. The Kier molecular flexibility index (Phi) is 4.29. The number of nitrogen functional groups attached to an aromatic ring is 1. The molecule has 3 atom stereocenters. The van der Waals surface area contributed by atoms with Crippen LogP contribution < -0.4 is 5.73 Å². The summed E-state index contributed by atoms with van der Waals surface area (Å²) in [6.07, 6.45) is 7.74. The second-order valence-corrected chi connectivity index (χ2v) is 6.56. The molecule has 2 N–H and O–H groups in total. The summed E-state index contributed by atoms with van der Waals surface area (Å²) in [6.45, 7) is 6.14. The molecule has 0 aliphatic carbocycles. The van der Waals surface area contributed by atoms with Crippen molar-refractivity contribution in [1.29, 1.82) is 0 Å². The van der Waals surface area contributed by atoms with Gasteiger partial charge in [-0.2, -0.15) is 0 Å². The fraction of sp³-hybridized carbons (Fsp3) is 0.688. The number of carbonyl (C=O) groups excluding carboxylic acids is 1. The first kappa shape index (κ1) is 15.2. The van der Waals surface area contributed by atoms with Crippen molar-refractivity contribution in [2.75, 3.05) is 18.8 Å². The number of aromatic nitrogens is 2. The normalized spacial score (nSPS) is 29.7. The zero-order valence-electron chi connectivity index (χ0n) is 13.4. The Morgan fingerprint density at radius 2 is 1.86 bits per heavy atom. The van der Waals surface area contributed by atoms with Crippen LogP contribution in [0.15, 0.2) is 12.4 Å². The van der Waals surface area contributed by atoms with E-state index >= 15 is 0 Å². The highest BCUT2D eigenvalue weighted by atomic mass is 16.2. The average Bonchev–Trinajstić information content (AvgIpc) is 2.86. The highest BCUT2D eigenvalue weighted by molar-refractivity contribution is 5.96. The van der Waals surface area contributed by atoms with Crippen molar-refractivity contribution in [2.24, 2.45) is 0 Å². The van der Waals surface area contributed by atoms with Gasteiger partial charge in [0.1, 0.15) is 0 Å². The van der Waals surface area contributed by atoms with Crippen molar-refractivity contribution < 1.29 is 4.79 Å². The van der Waals surface area contributed by atoms with Crippen molar-refractivity contribution in [3.05, 3.63) is 18.1 Å². The summed E-state index contributed by atoms with van der Waals surface area (Å²) in [5, 5.41) is 0. The van der Waals surface area contributed by atoms with E-state index < -0.39 is 0 Å². The maximum absolute atomic E-state index is 12.7. The van der Waals surface area contributed by atoms with Gasteiger partial charge in [0, 0.05) is 43.6 Å². The van der Waals surface area contributed by atoms with Gasteiger partial charge in [0.15, 0.2) is 11.5 Å². The fourth-order valence-electron chi connectivity index (χ4n) is 3.98. The highest BCUT2D eigenvalue weighted by Gasteiger charge is 2.36. The van der Waals surface area contributed by atoms with Gasteiger partial charge in [0.2, 0.25) is 0 Å². The lowest BCUT2D eigenvalue weighted by Crippen LogP contribution is -2.52. The molecule has 1 aromatic heterocycles. The largest absolute Gasteiger partial charge is 0.382 e. The number of nitrogens with two attached hydrogens (primary N) is 1. The van der Waals surface area contributed by atoms with Crippen molar-refractivity contribution in [2.45, 2.75) is 57.7 Å². The predicted molar refractivity (Wildman–Crippen MR) is 85.4 cm³/mol. The molecule has 6 heteroatoms. The molecule has 2 aliphatic heterocycles. The maximum Gasteiger partial charge on any atom is 0.276 e. The van der Waals surface area contributed by atoms with Crippen LogP contribution in [0.3, 0.4) is 0 Å². The Labute approximate surface area is 131 Å². The third-order valence-corrected chi connectivity index (χ3v) is 5.05. The summed E-state index contributed by atoms with van der Waals surface area (Å²) in [4.78, 5) is 25.2. The summed E-state index contributed by atoms with van der Waals surface area (Å²) in [5.41, 5.74) is 6.08. The minimum Gasteiger partial charge on any atom is -0.382 e. The van der Waals surface area contributed by atoms with Crippen LogP contribution in [0.25, 0.3) is 0 Å². The topological polar surface area (TPSA) is 75.3 Å². The summed E-state index contributed by atoms with van der Waals surface area (Å²) in [7, 11) is 0. The number of likely N-dealkylation sites (tertiary alicyclic amines) is 2. The summed E-state index contributed by atoms with van der Waals surface area (Å²) in [5.74, 6) is 0.132. The third kappa shape index (κ3) is 2.79. The third-order valence-electron chi connectivity index (χ3n) is 5.05. The van der Waals surface area contributed by atoms with Gasteiger partial charge < -0.3 is 10.6 Å². The van der Waals surface area contributed by atoms with E-state index in [0.717, 1.165) is 25.9 Å². The predicted octanol–water partition coefficient (Wildman–Crippen LogP) is 1.54. The lowest BCUT2D eigenvalue weighted by molar-refractivity contribution is 0.0483. The van der Waals surface area contributed by atoms with Crippen LogP contribution in [0, 0.1) is 0 Å². The fourth-order valence-corrected chi connectivity index (χ4v) is 3.98. The molecule has 0 unspecified atom stereocenters. The first-order valence-corrected chi connectivity index (χ1v) is 8.21. The lowest BCUT2D eigenvalue weighted by Gasteiger charge is -2.41. The number of piperidine rings is 1. The summed E-state index contributed by atoms with van der Waals surface area (Å²) >= 11 is 0. The average molecular weight is 303 g/mol. The van der Waals surface area contributed by atoms with Crippen LogP contribution in [0.4, 0.5) is 5.82 Å². The number of rotatable bonds is 2. The van der Waals surface area contributed by atoms with E-state index in [0.29, 0.717) is 18.1 Å². The molecule has 2 fully saturated rings. The molecule has 2 aliphatic rings. The van der Waals surface area contributed by atoms with Crippen LogP contribution in [0.1, 0.15) is 50.0 Å². The monoisotopic (exact) mass is 303 g/mol. The smallest absolute Gasteiger partial charge is 0.276 e. The minimum absolute atomic E-state index is 0.0881.